The molecule has 0 bridgehead atoms. The zero-order valence-electron chi connectivity index (χ0n) is 15.5. The summed E-state index contributed by atoms with van der Waals surface area (Å²) in [4.78, 5) is 18.3. The average molecular weight is 388 g/mol. The van der Waals surface area contributed by atoms with E-state index >= 15 is 0 Å². The molecule has 2 aliphatic rings. The van der Waals surface area contributed by atoms with Crippen LogP contribution in [0.5, 0.6) is 11.5 Å². The first kappa shape index (κ1) is 18.1. The number of nitrogens with zero attached hydrogens (tertiary/aromatic N) is 2. The van der Waals surface area contributed by atoms with Crippen LogP contribution in [0.2, 0.25) is 0 Å². The van der Waals surface area contributed by atoms with Crippen LogP contribution in [0.1, 0.15) is 10.4 Å². The summed E-state index contributed by atoms with van der Waals surface area (Å²) < 4.78 is 11.2. The van der Waals surface area contributed by atoms with E-state index < -0.39 is 0 Å². The van der Waals surface area contributed by atoms with Crippen molar-refractivity contribution in [3.8, 4) is 11.5 Å². The summed E-state index contributed by atoms with van der Waals surface area (Å²) in [6, 6.07) is 10.1. The van der Waals surface area contributed by atoms with Crippen molar-refractivity contribution in [3.63, 3.8) is 0 Å². The monoisotopic (exact) mass is 387 g/mol. The van der Waals surface area contributed by atoms with Crippen molar-refractivity contribution in [2.45, 2.75) is 19.0 Å². The Bertz CT molecular complexity index is 773. The second-order valence-corrected chi connectivity index (χ2v) is 7.98. The number of hydrogen-bond acceptors (Lipinski definition) is 5. The molecule has 2 aliphatic heterocycles. The number of fused-ring (bicyclic) bond motifs is 1. The number of ether oxygens (including phenoxy) is 2. The minimum Gasteiger partial charge on any atom is -0.493 e. The molecule has 1 atom stereocenters. The van der Waals surface area contributed by atoms with E-state index in [0.29, 0.717) is 6.61 Å². The number of methoxy groups -OCH3 is 1. The second kappa shape index (κ2) is 8.19. The van der Waals surface area contributed by atoms with Gasteiger partial charge in [-0.25, -0.2) is 4.79 Å². The number of urea groups is 1. The Hall–Kier alpha value is -2.25. The third-order valence-corrected chi connectivity index (χ3v) is 5.98. The largest absolute Gasteiger partial charge is 0.493 e. The van der Waals surface area contributed by atoms with E-state index in [4.69, 9.17) is 9.47 Å². The van der Waals surface area contributed by atoms with Gasteiger partial charge in [-0.1, -0.05) is 18.2 Å². The fraction of sp³-hybridized carbons (Fsp3) is 0.450. The molecule has 1 aromatic carbocycles. The van der Waals surface area contributed by atoms with Crippen molar-refractivity contribution in [3.05, 3.63) is 46.2 Å². The predicted octanol–water partition coefficient (Wildman–Crippen LogP) is 2.59. The van der Waals surface area contributed by atoms with Gasteiger partial charge in [-0.2, -0.15) is 0 Å². The summed E-state index contributed by atoms with van der Waals surface area (Å²) >= 11 is 1.79. The highest BCUT2D eigenvalue weighted by molar-refractivity contribution is 7.09. The lowest BCUT2D eigenvalue weighted by Crippen LogP contribution is -2.54. The normalized spacial score (nSPS) is 19.9. The van der Waals surface area contributed by atoms with E-state index in [2.05, 4.69) is 27.7 Å². The van der Waals surface area contributed by atoms with E-state index in [0.717, 1.165) is 56.2 Å². The molecule has 1 N–H and O–H groups in total. The number of thiophene rings is 1. The lowest BCUT2D eigenvalue weighted by molar-refractivity contribution is 0.130. The van der Waals surface area contributed by atoms with Crippen LogP contribution >= 0.6 is 11.3 Å². The SMILES string of the molecule is COc1cccc2c1OCC(NC(=O)N1CCN(Cc3cccs3)CC1)C2. The zero-order valence-corrected chi connectivity index (χ0v) is 16.3. The minimum absolute atomic E-state index is 0.00530. The maximum atomic E-state index is 12.6. The van der Waals surface area contributed by atoms with E-state index in [9.17, 15) is 4.79 Å². The minimum atomic E-state index is -0.0127. The number of rotatable bonds is 4. The van der Waals surface area contributed by atoms with Crippen LogP contribution in [0.15, 0.2) is 35.7 Å². The Labute approximate surface area is 163 Å². The summed E-state index contributed by atoms with van der Waals surface area (Å²) in [5, 5.41) is 5.24. The molecule has 1 fully saturated rings. The Morgan fingerprint density at radius 3 is 2.85 bits per heavy atom. The van der Waals surface area contributed by atoms with E-state index in [1.165, 1.54) is 4.88 Å². The summed E-state index contributed by atoms with van der Waals surface area (Å²) in [6.07, 6.45) is 0.761. The summed E-state index contributed by atoms with van der Waals surface area (Å²) in [5.74, 6) is 1.55. The highest BCUT2D eigenvalue weighted by Gasteiger charge is 2.27. The fourth-order valence-corrected chi connectivity index (χ4v) is 4.39. The predicted molar refractivity (Wildman–Crippen MR) is 106 cm³/mol. The zero-order chi connectivity index (χ0) is 18.6. The first-order chi connectivity index (χ1) is 13.2. The van der Waals surface area contributed by atoms with Crippen LogP contribution in [0.4, 0.5) is 4.79 Å². The molecule has 2 aromatic rings. The Morgan fingerprint density at radius 1 is 1.26 bits per heavy atom. The molecule has 4 rings (SSSR count). The molecule has 7 heteroatoms. The summed E-state index contributed by atoms with van der Waals surface area (Å²) in [6.45, 7) is 4.78. The summed E-state index contributed by atoms with van der Waals surface area (Å²) in [5.41, 5.74) is 1.08. The number of para-hydroxylation sites is 1. The molecule has 0 spiro atoms. The van der Waals surface area contributed by atoms with Crippen LogP contribution in [-0.2, 0) is 13.0 Å². The highest BCUT2D eigenvalue weighted by atomic mass is 32.1. The van der Waals surface area contributed by atoms with Crippen molar-refractivity contribution < 1.29 is 14.3 Å². The van der Waals surface area contributed by atoms with Gasteiger partial charge in [0, 0.05) is 43.2 Å². The molecule has 3 heterocycles. The lowest BCUT2D eigenvalue weighted by Gasteiger charge is -2.36. The maximum Gasteiger partial charge on any atom is 0.317 e. The van der Waals surface area contributed by atoms with Crippen LogP contribution in [-0.4, -0.2) is 61.8 Å². The third-order valence-electron chi connectivity index (χ3n) is 5.12. The van der Waals surface area contributed by atoms with Crippen LogP contribution < -0.4 is 14.8 Å². The van der Waals surface area contributed by atoms with Crippen molar-refractivity contribution in [2.75, 3.05) is 39.9 Å². The first-order valence-electron chi connectivity index (χ1n) is 9.32. The molecule has 1 unspecified atom stereocenters. The van der Waals surface area contributed by atoms with Crippen molar-refractivity contribution in [1.82, 2.24) is 15.1 Å². The highest BCUT2D eigenvalue weighted by Crippen LogP contribution is 2.34. The van der Waals surface area contributed by atoms with Gasteiger partial charge >= 0.3 is 6.03 Å². The molecule has 1 saturated heterocycles. The fourth-order valence-electron chi connectivity index (χ4n) is 3.65. The van der Waals surface area contributed by atoms with E-state index in [1.807, 2.05) is 23.1 Å². The smallest absolute Gasteiger partial charge is 0.317 e. The molecular weight excluding hydrogens is 362 g/mol. The molecule has 6 nitrogen and oxygen atoms in total. The Kier molecular flexibility index (Phi) is 5.50. The van der Waals surface area contributed by atoms with Crippen LogP contribution in [0.25, 0.3) is 0 Å². The van der Waals surface area contributed by atoms with Crippen LogP contribution in [0, 0.1) is 0 Å². The van der Waals surface area contributed by atoms with Gasteiger partial charge in [0.2, 0.25) is 0 Å². The number of nitrogens with one attached hydrogen (secondary N) is 1. The lowest BCUT2D eigenvalue weighted by atomic mass is 10.0. The van der Waals surface area contributed by atoms with Crippen molar-refractivity contribution >= 4 is 17.4 Å². The molecule has 2 amide bonds. The molecule has 1 aromatic heterocycles. The number of carbonyl (C=O) groups is 1. The number of piperazine rings is 1. The summed E-state index contributed by atoms with van der Waals surface area (Å²) in [7, 11) is 1.64. The average Bonchev–Trinajstić information content (AvgIpc) is 3.21. The standard InChI is InChI=1S/C20H25N3O3S/c1-25-18-6-2-4-15-12-16(14-26-19(15)18)21-20(24)23-9-7-22(8-10-23)13-17-5-3-11-27-17/h2-6,11,16H,7-10,12-14H2,1H3,(H,21,24). The molecule has 0 aliphatic carbocycles. The van der Waals surface area contributed by atoms with Gasteiger partial charge in [-0.3, -0.25) is 4.90 Å². The molecule has 27 heavy (non-hydrogen) atoms. The molecule has 0 radical (unpaired) electrons. The van der Waals surface area contributed by atoms with Gasteiger partial charge in [-0.05, 0) is 23.9 Å². The quantitative estimate of drug-likeness (QED) is 0.876. The third kappa shape index (κ3) is 4.20. The topological polar surface area (TPSA) is 54.0 Å². The number of hydrogen-bond donors (Lipinski definition) is 1. The Morgan fingerprint density at radius 2 is 2.11 bits per heavy atom. The molecular formula is C20H25N3O3S. The maximum absolute atomic E-state index is 12.6. The first-order valence-corrected chi connectivity index (χ1v) is 10.2. The van der Waals surface area contributed by atoms with Gasteiger partial charge in [0.05, 0.1) is 13.2 Å². The number of carbonyl (C=O) groups excluding carboxylic acids is 1. The second-order valence-electron chi connectivity index (χ2n) is 6.95. The van der Waals surface area contributed by atoms with Gasteiger partial charge < -0.3 is 19.7 Å². The van der Waals surface area contributed by atoms with Gasteiger partial charge in [-0.15, -0.1) is 11.3 Å². The van der Waals surface area contributed by atoms with Crippen molar-refractivity contribution in [1.29, 1.82) is 0 Å². The van der Waals surface area contributed by atoms with E-state index in [1.54, 1.807) is 18.4 Å². The van der Waals surface area contributed by atoms with Gasteiger partial charge in [0.25, 0.3) is 0 Å². The molecule has 0 saturated carbocycles. The van der Waals surface area contributed by atoms with E-state index in [-0.39, 0.29) is 12.1 Å². The molecule has 144 valence electrons. The van der Waals surface area contributed by atoms with Crippen molar-refractivity contribution in [2.24, 2.45) is 0 Å². The van der Waals surface area contributed by atoms with Gasteiger partial charge in [0.1, 0.15) is 6.61 Å². The van der Waals surface area contributed by atoms with Gasteiger partial charge in [0.15, 0.2) is 11.5 Å². The number of amides is 2. The number of benzene rings is 1. The Balaban J connectivity index is 1.27. The van der Waals surface area contributed by atoms with Crippen LogP contribution in [0.3, 0.4) is 0 Å².